The molecule has 4 nitrogen and oxygen atoms in total. The van der Waals surface area contributed by atoms with Crippen LogP contribution in [0.2, 0.25) is 0 Å². The fourth-order valence-electron chi connectivity index (χ4n) is 1.83. The fraction of sp³-hybridized carbons (Fsp3) is 0.143. The second-order valence-corrected chi connectivity index (χ2v) is 3.82. The highest BCUT2D eigenvalue weighted by molar-refractivity contribution is 5.72. The van der Waals surface area contributed by atoms with Crippen LogP contribution in [0.5, 0.6) is 5.75 Å². The van der Waals surface area contributed by atoms with Gasteiger partial charge in [-0.2, -0.15) is 0 Å². The molecule has 2 aromatic rings. The van der Waals surface area contributed by atoms with Crippen molar-refractivity contribution in [1.82, 2.24) is 9.97 Å². The summed E-state index contributed by atoms with van der Waals surface area (Å²) in [5.41, 5.74) is 7.73. The van der Waals surface area contributed by atoms with Crippen LogP contribution in [-0.2, 0) is 6.42 Å². The van der Waals surface area contributed by atoms with Gasteiger partial charge in [-0.25, -0.2) is 14.4 Å². The van der Waals surface area contributed by atoms with Crippen molar-refractivity contribution in [3.05, 3.63) is 35.9 Å². The fourth-order valence-corrected chi connectivity index (χ4v) is 1.83. The highest BCUT2D eigenvalue weighted by Crippen LogP contribution is 2.34. The van der Waals surface area contributed by atoms with Gasteiger partial charge in [0, 0.05) is 17.5 Å². The molecule has 0 fully saturated rings. The van der Waals surface area contributed by atoms with Crippen LogP contribution in [0.3, 0.4) is 0 Å². The summed E-state index contributed by atoms with van der Waals surface area (Å²) in [5, 5.41) is 0. The summed E-state index contributed by atoms with van der Waals surface area (Å²) < 4.78 is 18.1. The van der Waals surface area contributed by atoms with E-state index in [1.54, 1.807) is 12.1 Å². The van der Waals surface area contributed by atoms with E-state index in [0.717, 1.165) is 18.0 Å². The number of hydrogen-bond donors (Lipinski definition) is 1. The monoisotopic (exact) mass is 257 g/mol. The summed E-state index contributed by atoms with van der Waals surface area (Å²) in [6, 6.07) is 3.43. The van der Waals surface area contributed by atoms with Gasteiger partial charge in [0.1, 0.15) is 5.75 Å². The largest absolute Gasteiger partial charge is 0.494 e. The Hall–Kier alpha value is -2.61. The number of terminal acetylenes is 1. The van der Waals surface area contributed by atoms with Gasteiger partial charge in [0.25, 0.3) is 0 Å². The predicted molar refractivity (Wildman–Crippen MR) is 70.9 cm³/mol. The van der Waals surface area contributed by atoms with Crippen molar-refractivity contribution in [3.63, 3.8) is 0 Å². The van der Waals surface area contributed by atoms with Crippen LogP contribution in [0, 0.1) is 18.2 Å². The molecule has 0 amide bonds. The van der Waals surface area contributed by atoms with E-state index in [1.165, 1.54) is 7.11 Å². The SMILES string of the molecule is C#CCc1c(-c2ncc(F)cn2)ccc(N)c1OC. The second-order valence-electron chi connectivity index (χ2n) is 3.82. The van der Waals surface area contributed by atoms with Gasteiger partial charge in [-0.3, -0.25) is 0 Å². The second kappa shape index (κ2) is 5.36. The molecule has 2 rings (SSSR count). The molecular formula is C14H12FN3O. The molecule has 0 aliphatic carbocycles. The first-order valence-corrected chi connectivity index (χ1v) is 5.54. The highest BCUT2D eigenvalue weighted by atomic mass is 19.1. The van der Waals surface area contributed by atoms with E-state index in [4.69, 9.17) is 16.9 Å². The topological polar surface area (TPSA) is 61.0 Å². The number of nitrogens with two attached hydrogens (primary N) is 1. The van der Waals surface area contributed by atoms with Crippen LogP contribution >= 0.6 is 0 Å². The molecule has 0 atom stereocenters. The lowest BCUT2D eigenvalue weighted by Crippen LogP contribution is -2.01. The molecule has 1 aromatic heterocycles. The molecule has 5 heteroatoms. The summed E-state index contributed by atoms with van der Waals surface area (Å²) in [6.07, 6.45) is 7.89. The number of nitrogens with zero attached hydrogens (tertiary/aromatic N) is 2. The Morgan fingerprint density at radius 3 is 2.63 bits per heavy atom. The van der Waals surface area contributed by atoms with E-state index >= 15 is 0 Å². The number of benzene rings is 1. The lowest BCUT2D eigenvalue weighted by atomic mass is 10.0. The third-order valence-corrected chi connectivity index (χ3v) is 2.64. The molecule has 0 unspecified atom stereocenters. The van der Waals surface area contributed by atoms with Gasteiger partial charge in [0.05, 0.1) is 25.2 Å². The minimum absolute atomic E-state index is 0.324. The number of halogens is 1. The zero-order chi connectivity index (χ0) is 13.8. The van der Waals surface area contributed by atoms with Crippen molar-refractivity contribution < 1.29 is 9.13 Å². The van der Waals surface area contributed by atoms with Gasteiger partial charge in [-0.05, 0) is 12.1 Å². The summed E-state index contributed by atoms with van der Waals surface area (Å²) >= 11 is 0. The maximum atomic E-state index is 12.9. The third-order valence-electron chi connectivity index (χ3n) is 2.64. The van der Waals surface area contributed by atoms with Crippen LogP contribution in [-0.4, -0.2) is 17.1 Å². The predicted octanol–water partition coefficient (Wildman–Crippen LogP) is 2.05. The lowest BCUT2D eigenvalue weighted by Gasteiger charge is -2.13. The average Bonchev–Trinajstić information content (AvgIpc) is 2.41. The van der Waals surface area contributed by atoms with E-state index in [0.29, 0.717) is 29.2 Å². The molecule has 0 aliphatic heterocycles. The summed E-state index contributed by atoms with van der Waals surface area (Å²) in [4.78, 5) is 7.89. The minimum atomic E-state index is -0.496. The number of hydrogen-bond acceptors (Lipinski definition) is 4. The Labute approximate surface area is 110 Å². The molecule has 0 aliphatic rings. The Bertz CT molecular complexity index is 632. The number of anilines is 1. The quantitative estimate of drug-likeness (QED) is 0.675. The third kappa shape index (κ3) is 2.47. The molecule has 0 saturated carbocycles. The van der Waals surface area contributed by atoms with Crippen LogP contribution in [0.25, 0.3) is 11.4 Å². The summed E-state index contributed by atoms with van der Waals surface area (Å²) in [6.45, 7) is 0. The van der Waals surface area contributed by atoms with Crippen molar-refractivity contribution in [1.29, 1.82) is 0 Å². The van der Waals surface area contributed by atoms with E-state index in [1.807, 2.05) is 0 Å². The van der Waals surface area contributed by atoms with Crippen LogP contribution in [0.15, 0.2) is 24.5 Å². The molecule has 1 aromatic carbocycles. The van der Waals surface area contributed by atoms with Crippen molar-refractivity contribution >= 4 is 5.69 Å². The van der Waals surface area contributed by atoms with E-state index < -0.39 is 5.82 Å². The van der Waals surface area contributed by atoms with E-state index in [-0.39, 0.29) is 0 Å². The van der Waals surface area contributed by atoms with Crippen LogP contribution in [0.1, 0.15) is 5.56 Å². The average molecular weight is 257 g/mol. The standard InChI is InChI=1S/C14H12FN3O/c1-3-4-10-11(5-6-12(16)13(10)19-2)14-17-7-9(15)8-18-14/h1,5-8H,4,16H2,2H3. The first-order chi connectivity index (χ1) is 9.17. The molecular weight excluding hydrogens is 245 g/mol. The lowest BCUT2D eigenvalue weighted by molar-refractivity contribution is 0.413. The Kier molecular flexibility index (Phi) is 3.62. The maximum Gasteiger partial charge on any atom is 0.159 e. The van der Waals surface area contributed by atoms with Crippen molar-refractivity contribution in [2.24, 2.45) is 0 Å². The van der Waals surface area contributed by atoms with Crippen molar-refractivity contribution in [2.45, 2.75) is 6.42 Å². The Balaban J connectivity index is 2.63. The zero-order valence-electron chi connectivity index (χ0n) is 10.4. The molecule has 0 bridgehead atoms. The van der Waals surface area contributed by atoms with Gasteiger partial charge < -0.3 is 10.5 Å². The van der Waals surface area contributed by atoms with Gasteiger partial charge in [0.15, 0.2) is 11.6 Å². The molecule has 0 radical (unpaired) electrons. The summed E-state index contributed by atoms with van der Waals surface area (Å²) in [5.74, 6) is 2.93. The first-order valence-electron chi connectivity index (χ1n) is 5.54. The van der Waals surface area contributed by atoms with Crippen LogP contribution in [0.4, 0.5) is 10.1 Å². The van der Waals surface area contributed by atoms with Gasteiger partial charge in [0.2, 0.25) is 0 Å². The molecule has 2 N–H and O–H groups in total. The number of aromatic nitrogens is 2. The van der Waals surface area contributed by atoms with Crippen molar-refractivity contribution in [2.75, 3.05) is 12.8 Å². The smallest absolute Gasteiger partial charge is 0.159 e. The number of rotatable bonds is 3. The van der Waals surface area contributed by atoms with Gasteiger partial charge in [-0.1, -0.05) is 0 Å². The maximum absolute atomic E-state index is 12.9. The minimum Gasteiger partial charge on any atom is -0.494 e. The number of methoxy groups -OCH3 is 1. The summed E-state index contributed by atoms with van der Waals surface area (Å²) in [7, 11) is 1.51. The molecule has 19 heavy (non-hydrogen) atoms. The number of nitrogen functional groups attached to an aromatic ring is 1. The zero-order valence-corrected chi connectivity index (χ0v) is 10.4. The Morgan fingerprint density at radius 1 is 1.37 bits per heavy atom. The Morgan fingerprint density at radius 2 is 2.05 bits per heavy atom. The highest BCUT2D eigenvalue weighted by Gasteiger charge is 2.15. The van der Waals surface area contributed by atoms with Crippen molar-refractivity contribution in [3.8, 4) is 29.5 Å². The molecule has 1 heterocycles. The molecule has 96 valence electrons. The van der Waals surface area contributed by atoms with E-state index in [9.17, 15) is 4.39 Å². The molecule has 0 saturated heterocycles. The number of ether oxygens (including phenoxy) is 1. The first kappa shape index (κ1) is 12.8. The van der Waals surface area contributed by atoms with Gasteiger partial charge in [-0.15, -0.1) is 12.3 Å². The molecule has 0 spiro atoms. The van der Waals surface area contributed by atoms with Gasteiger partial charge >= 0.3 is 0 Å². The van der Waals surface area contributed by atoms with E-state index in [2.05, 4.69) is 15.9 Å². The van der Waals surface area contributed by atoms with Crippen LogP contribution < -0.4 is 10.5 Å². The normalized spacial score (nSPS) is 9.95.